The summed E-state index contributed by atoms with van der Waals surface area (Å²) >= 11 is 4.93. The van der Waals surface area contributed by atoms with E-state index in [4.69, 9.17) is 4.42 Å². The minimum atomic E-state index is -0.0947. The Labute approximate surface area is 139 Å². The number of halogens is 1. The van der Waals surface area contributed by atoms with Crippen molar-refractivity contribution in [3.05, 3.63) is 52.1 Å². The molecule has 0 spiro atoms. The van der Waals surface area contributed by atoms with Gasteiger partial charge in [0.2, 0.25) is 11.8 Å². The minimum absolute atomic E-state index is 0.0947. The zero-order valence-corrected chi connectivity index (χ0v) is 13.9. The van der Waals surface area contributed by atoms with Gasteiger partial charge in [0, 0.05) is 17.3 Å². The van der Waals surface area contributed by atoms with Gasteiger partial charge in [0.15, 0.2) is 0 Å². The highest BCUT2D eigenvalue weighted by atomic mass is 79.9. The molecule has 0 fully saturated rings. The molecule has 3 aromatic rings. The second-order valence-electron chi connectivity index (χ2n) is 4.51. The molecule has 0 atom stereocenters. The fraction of sp³-hybridized carbons (Fsp3) is 0.133. The molecule has 0 aliphatic heterocycles. The van der Waals surface area contributed by atoms with E-state index in [-0.39, 0.29) is 12.3 Å². The van der Waals surface area contributed by atoms with Crippen LogP contribution in [0.2, 0.25) is 0 Å². The van der Waals surface area contributed by atoms with Crippen LogP contribution in [0.4, 0.5) is 5.69 Å². The standard InChI is InChI=1S/C15H12BrN3O2S/c16-10-4-1-2-5-11(10)17-13(20)7-8-14-18-19-15(21-14)12-6-3-9-22-12/h1-6,9H,7-8H2,(H,17,20). The molecule has 0 bridgehead atoms. The van der Waals surface area contributed by atoms with Gasteiger partial charge in [-0.05, 0) is 39.5 Å². The van der Waals surface area contributed by atoms with Crippen molar-refractivity contribution in [3.63, 3.8) is 0 Å². The molecule has 0 unspecified atom stereocenters. The smallest absolute Gasteiger partial charge is 0.257 e. The Morgan fingerprint density at radius 3 is 2.86 bits per heavy atom. The topological polar surface area (TPSA) is 68.0 Å². The third-order valence-electron chi connectivity index (χ3n) is 2.91. The lowest BCUT2D eigenvalue weighted by molar-refractivity contribution is -0.116. The van der Waals surface area contributed by atoms with Gasteiger partial charge >= 0.3 is 0 Å². The van der Waals surface area contributed by atoms with E-state index < -0.39 is 0 Å². The number of amides is 1. The maximum absolute atomic E-state index is 12.0. The molecule has 2 heterocycles. The highest BCUT2D eigenvalue weighted by molar-refractivity contribution is 9.10. The van der Waals surface area contributed by atoms with Gasteiger partial charge in [-0.3, -0.25) is 4.79 Å². The molecule has 1 amide bonds. The normalized spacial score (nSPS) is 10.6. The molecule has 1 aromatic carbocycles. The number of para-hydroxylation sites is 1. The van der Waals surface area contributed by atoms with Crippen LogP contribution in [0.1, 0.15) is 12.3 Å². The number of anilines is 1. The van der Waals surface area contributed by atoms with Crippen molar-refractivity contribution in [2.75, 3.05) is 5.32 Å². The fourth-order valence-electron chi connectivity index (χ4n) is 1.85. The molecule has 2 aromatic heterocycles. The van der Waals surface area contributed by atoms with Crippen LogP contribution in [0.25, 0.3) is 10.8 Å². The van der Waals surface area contributed by atoms with Gasteiger partial charge in [0.25, 0.3) is 5.89 Å². The zero-order valence-electron chi connectivity index (χ0n) is 11.5. The van der Waals surface area contributed by atoms with Crippen molar-refractivity contribution in [2.24, 2.45) is 0 Å². The molecular weight excluding hydrogens is 366 g/mol. The van der Waals surface area contributed by atoms with E-state index in [0.717, 1.165) is 15.0 Å². The summed E-state index contributed by atoms with van der Waals surface area (Å²) in [5.41, 5.74) is 0.748. The van der Waals surface area contributed by atoms with E-state index in [2.05, 4.69) is 31.4 Å². The number of nitrogens with zero attached hydrogens (tertiary/aromatic N) is 2. The lowest BCUT2D eigenvalue weighted by Crippen LogP contribution is -2.12. The molecule has 22 heavy (non-hydrogen) atoms. The Morgan fingerprint density at radius 2 is 2.09 bits per heavy atom. The average molecular weight is 378 g/mol. The molecule has 3 rings (SSSR count). The summed E-state index contributed by atoms with van der Waals surface area (Å²) in [6.45, 7) is 0. The lowest BCUT2D eigenvalue weighted by Gasteiger charge is -2.05. The predicted molar refractivity (Wildman–Crippen MR) is 88.7 cm³/mol. The molecule has 7 heteroatoms. The molecule has 0 saturated carbocycles. The number of carbonyl (C=O) groups is 1. The Kier molecular flexibility index (Phi) is 4.65. The van der Waals surface area contributed by atoms with Crippen LogP contribution >= 0.6 is 27.3 Å². The Hall–Kier alpha value is -1.99. The summed E-state index contributed by atoms with van der Waals surface area (Å²) in [5, 5.41) is 12.7. The van der Waals surface area contributed by atoms with Crippen molar-refractivity contribution in [1.82, 2.24) is 10.2 Å². The van der Waals surface area contributed by atoms with E-state index in [0.29, 0.717) is 18.2 Å². The maximum Gasteiger partial charge on any atom is 0.257 e. The number of nitrogens with one attached hydrogen (secondary N) is 1. The first kappa shape index (κ1) is 14.9. The van der Waals surface area contributed by atoms with Crippen LogP contribution in [0.3, 0.4) is 0 Å². The lowest BCUT2D eigenvalue weighted by atomic mass is 10.2. The number of hydrogen-bond acceptors (Lipinski definition) is 5. The minimum Gasteiger partial charge on any atom is -0.420 e. The highest BCUT2D eigenvalue weighted by Gasteiger charge is 2.11. The summed E-state index contributed by atoms with van der Waals surface area (Å²) in [6.07, 6.45) is 0.696. The Balaban J connectivity index is 1.56. The summed E-state index contributed by atoms with van der Waals surface area (Å²) in [7, 11) is 0. The van der Waals surface area contributed by atoms with Gasteiger partial charge in [-0.2, -0.15) is 0 Å². The first-order chi connectivity index (χ1) is 10.7. The highest BCUT2D eigenvalue weighted by Crippen LogP contribution is 2.24. The first-order valence-electron chi connectivity index (χ1n) is 6.63. The predicted octanol–water partition coefficient (Wildman–Crippen LogP) is 4.13. The van der Waals surface area contributed by atoms with Crippen LogP contribution < -0.4 is 5.32 Å². The second-order valence-corrected chi connectivity index (χ2v) is 6.31. The maximum atomic E-state index is 12.0. The van der Waals surface area contributed by atoms with Crippen LogP contribution in [0.15, 0.2) is 50.7 Å². The second kappa shape index (κ2) is 6.85. The van der Waals surface area contributed by atoms with Crippen molar-refractivity contribution in [3.8, 4) is 10.8 Å². The Morgan fingerprint density at radius 1 is 1.23 bits per heavy atom. The van der Waals surface area contributed by atoms with E-state index in [1.165, 1.54) is 11.3 Å². The number of hydrogen-bond donors (Lipinski definition) is 1. The van der Waals surface area contributed by atoms with Crippen LogP contribution in [0.5, 0.6) is 0 Å². The van der Waals surface area contributed by atoms with Gasteiger partial charge in [-0.25, -0.2) is 0 Å². The quantitative estimate of drug-likeness (QED) is 0.725. The van der Waals surface area contributed by atoms with E-state index in [1.54, 1.807) is 0 Å². The summed E-state index contributed by atoms with van der Waals surface area (Å²) in [5.74, 6) is 0.865. The summed E-state index contributed by atoms with van der Waals surface area (Å²) < 4.78 is 6.40. The van der Waals surface area contributed by atoms with Gasteiger partial charge in [-0.1, -0.05) is 18.2 Å². The molecule has 1 N–H and O–H groups in total. The fourth-order valence-corrected chi connectivity index (χ4v) is 2.88. The van der Waals surface area contributed by atoms with Gasteiger partial charge in [0.1, 0.15) is 0 Å². The summed E-state index contributed by atoms with van der Waals surface area (Å²) in [6, 6.07) is 11.3. The Bertz CT molecular complexity index is 771. The third kappa shape index (κ3) is 3.61. The van der Waals surface area contributed by atoms with Crippen molar-refractivity contribution >= 4 is 38.9 Å². The molecule has 0 saturated heterocycles. The third-order valence-corrected chi connectivity index (χ3v) is 4.46. The summed E-state index contributed by atoms with van der Waals surface area (Å²) in [4.78, 5) is 12.9. The van der Waals surface area contributed by atoms with Crippen molar-refractivity contribution in [2.45, 2.75) is 12.8 Å². The SMILES string of the molecule is O=C(CCc1nnc(-c2cccs2)o1)Nc1ccccc1Br. The monoisotopic (exact) mass is 377 g/mol. The molecule has 0 radical (unpaired) electrons. The molecular formula is C15H12BrN3O2S. The van der Waals surface area contributed by atoms with Crippen LogP contribution in [-0.2, 0) is 11.2 Å². The molecule has 112 valence electrons. The molecule has 0 aliphatic carbocycles. The number of thiophene rings is 1. The van der Waals surface area contributed by atoms with E-state index in [9.17, 15) is 4.79 Å². The number of benzene rings is 1. The van der Waals surface area contributed by atoms with Gasteiger partial charge in [-0.15, -0.1) is 21.5 Å². The van der Waals surface area contributed by atoms with Gasteiger partial charge in [0.05, 0.1) is 10.6 Å². The number of aromatic nitrogens is 2. The largest absolute Gasteiger partial charge is 0.420 e. The van der Waals surface area contributed by atoms with Crippen molar-refractivity contribution < 1.29 is 9.21 Å². The average Bonchev–Trinajstić information content (AvgIpc) is 3.18. The first-order valence-corrected chi connectivity index (χ1v) is 8.30. The zero-order chi connectivity index (χ0) is 15.4. The van der Waals surface area contributed by atoms with E-state index >= 15 is 0 Å². The number of aryl methyl sites for hydroxylation is 1. The van der Waals surface area contributed by atoms with Gasteiger partial charge < -0.3 is 9.73 Å². The molecule has 5 nitrogen and oxygen atoms in total. The van der Waals surface area contributed by atoms with Crippen LogP contribution in [0, 0.1) is 0 Å². The number of carbonyl (C=O) groups excluding carboxylic acids is 1. The number of rotatable bonds is 5. The van der Waals surface area contributed by atoms with Crippen molar-refractivity contribution in [1.29, 1.82) is 0 Å². The van der Waals surface area contributed by atoms with Crippen LogP contribution in [-0.4, -0.2) is 16.1 Å². The molecule has 0 aliphatic rings. The van der Waals surface area contributed by atoms with E-state index in [1.807, 2.05) is 41.8 Å².